The summed E-state index contributed by atoms with van der Waals surface area (Å²) >= 11 is 6.04. The van der Waals surface area contributed by atoms with E-state index >= 15 is 0 Å². The summed E-state index contributed by atoms with van der Waals surface area (Å²) in [6, 6.07) is 3.04. The number of halogens is 2. The Kier molecular flexibility index (Phi) is 5.33. The van der Waals surface area contributed by atoms with Crippen LogP contribution in [-0.2, 0) is 6.54 Å². The molecular weight excluding hydrogens is 243 g/mol. The van der Waals surface area contributed by atoms with Gasteiger partial charge in [0.2, 0.25) is 0 Å². The molecule has 1 unspecified atom stereocenters. The Morgan fingerprint density at radius 2 is 2.18 bits per heavy atom. The molecule has 1 aromatic rings. The van der Waals surface area contributed by atoms with E-state index in [0.29, 0.717) is 29.2 Å². The molecule has 0 aliphatic heterocycles. The highest BCUT2D eigenvalue weighted by Crippen LogP contribution is 2.21. The van der Waals surface area contributed by atoms with E-state index in [4.69, 9.17) is 17.3 Å². The zero-order valence-corrected chi connectivity index (χ0v) is 10.8. The van der Waals surface area contributed by atoms with Crippen LogP contribution in [0.15, 0.2) is 12.1 Å². The van der Waals surface area contributed by atoms with Crippen molar-refractivity contribution >= 4 is 11.6 Å². The quantitative estimate of drug-likeness (QED) is 0.844. The third-order valence-corrected chi connectivity index (χ3v) is 2.91. The first-order valence-electron chi connectivity index (χ1n) is 5.45. The first-order chi connectivity index (χ1) is 7.93. The number of benzene rings is 1. The molecule has 0 radical (unpaired) electrons. The number of nitrogens with zero attached hydrogens (tertiary/aromatic N) is 1. The lowest BCUT2D eigenvalue weighted by molar-refractivity contribution is 0.129. The van der Waals surface area contributed by atoms with Crippen molar-refractivity contribution in [2.45, 2.75) is 19.6 Å². The third kappa shape index (κ3) is 4.24. The smallest absolute Gasteiger partial charge is 0.126 e. The average molecular weight is 261 g/mol. The maximum atomic E-state index is 13.4. The van der Waals surface area contributed by atoms with Crippen molar-refractivity contribution in [3.05, 3.63) is 34.1 Å². The Bertz CT molecular complexity index is 387. The molecular formula is C12H18ClFN2O. The van der Waals surface area contributed by atoms with Gasteiger partial charge in [0.05, 0.1) is 6.10 Å². The fraction of sp³-hybridized carbons (Fsp3) is 0.500. The van der Waals surface area contributed by atoms with Gasteiger partial charge in [0.25, 0.3) is 0 Å². The molecule has 0 bridgehead atoms. The van der Waals surface area contributed by atoms with E-state index in [2.05, 4.69) is 0 Å². The molecule has 17 heavy (non-hydrogen) atoms. The molecule has 3 nitrogen and oxygen atoms in total. The summed E-state index contributed by atoms with van der Waals surface area (Å²) in [4.78, 5) is 1.85. The number of hydrogen-bond donors (Lipinski definition) is 2. The van der Waals surface area contributed by atoms with Crippen molar-refractivity contribution in [2.24, 2.45) is 5.73 Å². The second-order valence-corrected chi connectivity index (χ2v) is 4.69. The summed E-state index contributed by atoms with van der Waals surface area (Å²) in [5.74, 6) is -0.267. The average Bonchev–Trinajstić information content (AvgIpc) is 2.25. The molecule has 0 aliphatic carbocycles. The Hall–Kier alpha value is -0.680. The maximum absolute atomic E-state index is 13.4. The number of aryl methyl sites for hydroxylation is 1. The zero-order chi connectivity index (χ0) is 13.0. The highest BCUT2D eigenvalue weighted by Gasteiger charge is 2.10. The number of likely N-dealkylation sites (N-methyl/N-ethyl adjacent to an activating group) is 1. The highest BCUT2D eigenvalue weighted by atomic mass is 35.5. The summed E-state index contributed by atoms with van der Waals surface area (Å²) in [6.07, 6.45) is -0.575. The molecule has 1 aromatic carbocycles. The standard InChI is InChI=1S/C12H18ClFN2O/c1-8-3-11(13)9(4-12(8)14)6-16(2)7-10(17)5-15/h3-4,10,17H,5-7,15H2,1-2H3. The predicted molar refractivity (Wildman–Crippen MR) is 67.5 cm³/mol. The van der Waals surface area contributed by atoms with Gasteiger partial charge in [-0.3, -0.25) is 4.90 Å². The molecule has 0 aliphatic rings. The molecule has 0 amide bonds. The van der Waals surface area contributed by atoms with Gasteiger partial charge in [-0.2, -0.15) is 0 Å². The SMILES string of the molecule is Cc1cc(Cl)c(CN(C)CC(O)CN)cc1F. The predicted octanol–water partition coefficient (Wildman–Crippen LogP) is 1.54. The number of rotatable bonds is 5. The molecule has 0 aromatic heterocycles. The van der Waals surface area contributed by atoms with Crippen LogP contribution in [0.5, 0.6) is 0 Å². The molecule has 3 N–H and O–H groups in total. The Balaban J connectivity index is 2.71. The second kappa shape index (κ2) is 6.31. The van der Waals surface area contributed by atoms with Crippen molar-refractivity contribution in [2.75, 3.05) is 20.1 Å². The molecule has 96 valence electrons. The highest BCUT2D eigenvalue weighted by molar-refractivity contribution is 6.31. The van der Waals surface area contributed by atoms with E-state index in [1.54, 1.807) is 13.0 Å². The van der Waals surface area contributed by atoms with Crippen molar-refractivity contribution in [1.82, 2.24) is 4.90 Å². The molecule has 0 spiro atoms. The second-order valence-electron chi connectivity index (χ2n) is 4.28. The number of hydrogen-bond acceptors (Lipinski definition) is 3. The van der Waals surface area contributed by atoms with E-state index < -0.39 is 6.10 Å². The number of aliphatic hydroxyl groups is 1. The van der Waals surface area contributed by atoms with Gasteiger partial charge in [0.1, 0.15) is 5.82 Å². The van der Waals surface area contributed by atoms with Crippen LogP contribution in [0.1, 0.15) is 11.1 Å². The van der Waals surface area contributed by atoms with E-state index in [0.717, 1.165) is 0 Å². The van der Waals surface area contributed by atoms with Gasteiger partial charge in [0, 0.05) is 24.7 Å². The van der Waals surface area contributed by atoms with E-state index in [1.165, 1.54) is 6.07 Å². The van der Waals surface area contributed by atoms with E-state index in [1.807, 2.05) is 11.9 Å². The maximum Gasteiger partial charge on any atom is 0.126 e. The monoisotopic (exact) mass is 260 g/mol. The van der Waals surface area contributed by atoms with Crippen molar-refractivity contribution in [3.63, 3.8) is 0 Å². The fourth-order valence-electron chi connectivity index (χ4n) is 1.60. The topological polar surface area (TPSA) is 49.5 Å². The summed E-state index contributed by atoms with van der Waals surface area (Å²) in [5.41, 5.74) is 6.57. The summed E-state index contributed by atoms with van der Waals surface area (Å²) in [5, 5.41) is 9.94. The van der Waals surface area contributed by atoms with Gasteiger partial charge in [-0.15, -0.1) is 0 Å². The lowest BCUT2D eigenvalue weighted by atomic mass is 10.1. The minimum Gasteiger partial charge on any atom is -0.390 e. The normalized spacial score (nSPS) is 13.1. The third-order valence-electron chi connectivity index (χ3n) is 2.56. The van der Waals surface area contributed by atoms with Crippen LogP contribution < -0.4 is 5.73 Å². The molecule has 0 heterocycles. The Morgan fingerprint density at radius 3 is 2.76 bits per heavy atom. The van der Waals surface area contributed by atoms with E-state index in [9.17, 15) is 9.50 Å². The van der Waals surface area contributed by atoms with Crippen LogP contribution >= 0.6 is 11.6 Å². The summed E-state index contributed by atoms with van der Waals surface area (Å²) < 4.78 is 13.4. The molecule has 0 saturated heterocycles. The Morgan fingerprint density at radius 1 is 1.53 bits per heavy atom. The fourth-order valence-corrected chi connectivity index (χ4v) is 1.88. The van der Waals surface area contributed by atoms with E-state index in [-0.39, 0.29) is 12.4 Å². The van der Waals surface area contributed by atoms with Crippen molar-refractivity contribution in [3.8, 4) is 0 Å². The largest absolute Gasteiger partial charge is 0.390 e. The Labute approximate surface area is 106 Å². The molecule has 1 atom stereocenters. The van der Waals surface area contributed by atoms with Crippen molar-refractivity contribution < 1.29 is 9.50 Å². The van der Waals surface area contributed by atoms with Crippen LogP contribution in [0.3, 0.4) is 0 Å². The van der Waals surface area contributed by atoms with Crippen LogP contribution in [0.4, 0.5) is 4.39 Å². The van der Waals surface area contributed by atoms with Gasteiger partial charge in [-0.1, -0.05) is 11.6 Å². The van der Waals surface area contributed by atoms with Crippen molar-refractivity contribution in [1.29, 1.82) is 0 Å². The molecule has 0 saturated carbocycles. The minimum atomic E-state index is -0.575. The van der Waals surface area contributed by atoms with Crippen LogP contribution in [0.25, 0.3) is 0 Å². The first kappa shape index (κ1) is 14.4. The van der Waals surface area contributed by atoms with Gasteiger partial charge in [0.15, 0.2) is 0 Å². The van der Waals surface area contributed by atoms with Gasteiger partial charge in [-0.05, 0) is 37.2 Å². The summed E-state index contributed by atoms with van der Waals surface area (Å²) in [6.45, 7) is 2.79. The zero-order valence-electron chi connectivity index (χ0n) is 10.1. The lowest BCUT2D eigenvalue weighted by Gasteiger charge is -2.20. The molecule has 0 fully saturated rings. The van der Waals surface area contributed by atoms with Crippen LogP contribution in [-0.4, -0.2) is 36.2 Å². The van der Waals surface area contributed by atoms with Crippen LogP contribution in [0.2, 0.25) is 5.02 Å². The minimum absolute atomic E-state index is 0.209. The molecule has 5 heteroatoms. The lowest BCUT2D eigenvalue weighted by Crippen LogP contribution is -2.33. The number of aliphatic hydroxyl groups excluding tert-OH is 1. The number of nitrogens with two attached hydrogens (primary N) is 1. The van der Waals surface area contributed by atoms with Gasteiger partial charge >= 0.3 is 0 Å². The van der Waals surface area contributed by atoms with Crippen LogP contribution in [0, 0.1) is 12.7 Å². The first-order valence-corrected chi connectivity index (χ1v) is 5.83. The van der Waals surface area contributed by atoms with Gasteiger partial charge < -0.3 is 10.8 Å². The molecule has 1 rings (SSSR count). The van der Waals surface area contributed by atoms with Gasteiger partial charge in [-0.25, -0.2) is 4.39 Å². The summed E-state index contributed by atoms with van der Waals surface area (Å²) in [7, 11) is 1.83.